The van der Waals surface area contributed by atoms with Crippen LogP contribution < -0.4 is 0 Å². The third kappa shape index (κ3) is 2.96. The van der Waals surface area contributed by atoms with Gasteiger partial charge in [-0.3, -0.25) is 9.98 Å². The van der Waals surface area contributed by atoms with Crippen molar-refractivity contribution in [1.82, 2.24) is 4.98 Å². The van der Waals surface area contributed by atoms with Crippen LogP contribution in [0.15, 0.2) is 90.1 Å². The number of hydrogen-bond acceptors (Lipinski definition) is 2. The molecule has 0 spiro atoms. The first-order valence-corrected chi connectivity index (χ1v) is 7.36. The second-order valence-electron chi connectivity index (χ2n) is 5.32. The van der Waals surface area contributed by atoms with Crippen LogP contribution in [0.2, 0.25) is 0 Å². The summed E-state index contributed by atoms with van der Waals surface area (Å²) in [6, 6.07) is 26.5. The van der Waals surface area contributed by atoms with Crippen LogP contribution in [-0.2, 0) is 5.54 Å². The second kappa shape index (κ2) is 6.35. The van der Waals surface area contributed by atoms with Crippen LogP contribution in [0.4, 0.5) is 0 Å². The molecular formula is C20H18N2. The average Bonchev–Trinajstić information content (AvgIpc) is 2.62. The van der Waals surface area contributed by atoms with E-state index in [1.807, 2.05) is 60.8 Å². The molecule has 0 N–H and O–H groups in total. The number of aromatic nitrogens is 1. The van der Waals surface area contributed by atoms with E-state index in [0.717, 1.165) is 16.8 Å². The van der Waals surface area contributed by atoms with Crippen molar-refractivity contribution in [2.24, 2.45) is 4.99 Å². The van der Waals surface area contributed by atoms with Crippen LogP contribution in [0.3, 0.4) is 0 Å². The first kappa shape index (κ1) is 14.2. The third-order valence-corrected chi connectivity index (χ3v) is 3.81. The number of benzene rings is 2. The molecule has 108 valence electrons. The Labute approximate surface area is 131 Å². The predicted molar refractivity (Wildman–Crippen MR) is 91.2 cm³/mol. The molecule has 0 unspecified atom stereocenters. The van der Waals surface area contributed by atoms with Crippen LogP contribution >= 0.6 is 0 Å². The highest BCUT2D eigenvalue weighted by molar-refractivity contribution is 5.77. The maximum Gasteiger partial charge on any atom is 0.108 e. The van der Waals surface area contributed by atoms with E-state index in [1.165, 1.54) is 0 Å². The van der Waals surface area contributed by atoms with E-state index in [2.05, 4.69) is 36.2 Å². The zero-order chi connectivity index (χ0) is 15.3. The first-order valence-electron chi connectivity index (χ1n) is 7.36. The molecule has 0 bridgehead atoms. The number of aliphatic imine (C=N–C) groups is 1. The standard InChI is InChI=1S/C20H18N2/c1-20(17-10-4-2-5-11-17,18-12-6-3-7-13-18)22-16-19-14-8-9-15-21-19/h2-16H,1H3/b22-16+. The fourth-order valence-electron chi connectivity index (χ4n) is 2.49. The topological polar surface area (TPSA) is 25.2 Å². The number of pyridine rings is 1. The lowest BCUT2D eigenvalue weighted by Gasteiger charge is -2.26. The molecule has 0 aliphatic rings. The van der Waals surface area contributed by atoms with E-state index in [-0.39, 0.29) is 0 Å². The van der Waals surface area contributed by atoms with E-state index < -0.39 is 5.54 Å². The van der Waals surface area contributed by atoms with Gasteiger partial charge in [-0.1, -0.05) is 66.7 Å². The Morgan fingerprint density at radius 3 is 1.82 bits per heavy atom. The zero-order valence-corrected chi connectivity index (χ0v) is 12.6. The first-order chi connectivity index (χ1) is 10.8. The monoisotopic (exact) mass is 286 g/mol. The van der Waals surface area contributed by atoms with Gasteiger partial charge in [0.2, 0.25) is 0 Å². The van der Waals surface area contributed by atoms with Crippen LogP contribution in [0.25, 0.3) is 0 Å². The van der Waals surface area contributed by atoms with Crippen molar-refractivity contribution in [3.8, 4) is 0 Å². The van der Waals surface area contributed by atoms with Crippen molar-refractivity contribution in [1.29, 1.82) is 0 Å². The maximum absolute atomic E-state index is 4.88. The smallest absolute Gasteiger partial charge is 0.108 e. The summed E-state index contributed by atoms with van der Waals surface area (Å²) < 4.78 is 0. The van der Waals surface area contributed by atoms with Gasteiger partial charge in [-0.05, 0) is 30.2 Å². The average molecular weight is 286 g/mol. The summed E-state index contributed by atoms with van der Waals surface area (Å²) in [7, 11) is 0. The summed E-state index contributed by atoms with van der Waals surface area (Å²) in [6.45, 7) is 2.14. The summed E-state index contributed by atoms with van der Waals surface area (Å²) in [4.78, 5) is 9.20. The predicted octanol–water partition coefficient (Wildman–Crippen LogP) is 4.46. The van der Waals surface area contributed by atoms with Crippen LogP contribution in [0.5, 0.6) is 0 Å². The highest BCUT2D eigenvalue weighted by Crippen LogP contribution is 2.33. The molecule has 0 radical (unpaired) electrons. The van der Waals surface area contributed by atoms with E-state index in [9.17, 15) is 0 Å². The lowest BCUT2D eigenvalue weighted by molar-refractivity contribution is 0.610. The number of nitrogens with zero attached hydrogens (tertiary/aromatic N) is 2. The third-order valence-electron chi connectivity index (χ3n) is 3.81. The minimum Gasteiger partial charge on any atom is -0.275 e. The lowest BCUT2D eigenvalue weighted by atomic mass is 9.85. The molecule has 0 saturated carbocycles. The Morgan fingerprint density at radius 1 is 0.773 bits per heavy atom. The molecule has 0 amide bonds. The molecular weight excluding hydrogens is 268 g/mol. The van der Waals surface area contributed by atoms with Gasteiger partial charge < -0.3 is 0 Å². The largest absolute Gasteiger partial charge is 0.275 e. The number of rotatable bonds is 4. The zero-order valence-electron chi connectivity index (χ0n) is 12.6. The van der Waals surface area contributed by atoms with Gasteiger partial charge in [0.1, 0.15) is 5.54 Å². The van der Waals surface area contributed by atoms with Gasteiger partial charge in [0.15, 0.2) is 0 Å². The fourth-order valence-corrected chi connectivity index (χ4v) is 2.49. The van der Waals surface area contributed by atoms with Crippen LogP contribution in [-0.4, -0.2) is 11.2 Å². The Hall–Kier alpha value is -2.74. The van der Waals surface area contributed by atoms with E-state index in [0.29, 0.717) is 0 Å². The molecule has 0 aliphatic heterocycles. The van der Waals surface area contributed by atoms with Crippen molar-refractivity contribution >= 4 is 6.21 Å². The quantitative estimate of drug-likeness (QED) is 0.650. The Kier molecular flexibility index (Phi) is 4.10. The minimum atomic E-state index is -0.431. The van der Waals surface area contributed by atoms with E-state index in [1.54, 1.807) is 6.20 Å². The Morgan fingerprint density at radius 2 is 1.32 bits per heavy atom. The highest BCUT2D eigenvalue weighted by atomic mass is 14.9. The fraction of sp³-hybridized carbons (Fsp3) is 0.100. The summed E-state index contributed by atoms with van der Waals surface area (Å²) >= 11 is 0. The molecule has 0 aliphatic carbocycles. The van der Waals surface area contributed by atoms with Crippen molar-refractivity contribution in [2.45, 2.75) is 12.5 Å². The Bertz CT molecular complexity index is 695. The summed E-state index contributed by atoms with van der Waals surface area (Å²) in [5.74, 6) is 0. The molecule has 0 atom stereocenters. The molecule has 3 rings (SSSR count). The van der Waals surface area contributed by atoms with Crippen molar-refractivity contribution in [2.75, 3.05) is 0 Å². The van der Waals surface area contributed by atoms with Crippen LogP contribution in [0, 0.1) is 0 Å². The normalized spacial score (nSPS) is 11.7. The molecule has 2 nitrogen and oxygen atoms in total. The SMILES string of the molecule is CC(/N=C/c1ccccn1)(c1ccccc1)c1ccccc1. The molecule has 1 aromatic heterocycles. The molecule has 0 saturated heterocycles. The second-order valence-corrected chi connectivity index (χ2v) is 5.32. The van der Waals surface area contributed by atoms with Gasteiger partial charge in [-0.2, -0.15) is 0 Å². The van der Waals surface area contributed by atoms with Crippen molar-refractivity contribution in [3.05, 3.63) is 102 Å². The summed E-state index contributed by atoms with van der Waals surface area (Å²) in [6.07, 6.45) is 3.63. The molecule has 3 aromatic rings. The maximum atomic E-state index is 4.88. The van der Waals surface area contributed by atoms with Gasteiger partial charge in [0.05, 0.1) is 5.69 Å². The molecule has 2 heteroatoms. The van der Waals surface area contributed by atoms with Gasteiger partial charge in [0.25, 0.3) is 0 Å². The highest BCUT2D eigenvalue weighted by Gasteiger charge is 2.27. The number of hydrogen-bond donors (Lipinski definition) is 0. The van der Waals surface area contributed by atoms with E-state index >= 15 is 0 Å². The van der Waals surface area contributed by atoms with Gasteiger partial charge >= 0.3 is 0 Å². The van der Waals surface area contributed by atoms with Crippen molar-refractivity contribution in [3.63, 3.8) is 0 Å². The van der Waals surface area contributed by atoms with Gasteiger partial charge in [-0.15, -0.1) is 0 Å². The minimum absolute atomic E-state index is 0.431. The molecule has 2 aromatic carbocycles. The Balaban J connectivity index is 2.06. The van der Waals surface area contributed by atoms with Crippen molar-refractivity contribution < 1.29 is 0 Å². The molecule has 0 fully saturated rings. The summed E-state index contributed by atoms with van der Waals surface area (Å²) in [5.41, 5.74) is 2.75. The van der Waals surface area contributed by atoms with Crippen LogP contribution in [0.1, 0.15) is 23.7 Å². The van der Waals surface area contributed by atoms with Gasteiger partial charge in [-0.25, -0.2) is 0 Å². The van der Waals surface area contributed by atoms with E-state index in [4.69, 9.17) is 4.99 Å². The molecule has 1 heterocycles. The lowest BCUT2D eigenvalue weighted by Crippen LogP contribution is -2.21. The summed E-state index contributed by atoms with van der Waals surface area (Å²) in [5, 5.41) is 0. The molecule has 22 heavy (non-hydrogen) atoms. The van der Waals surface area contributed by atoms with Gasteiger partial charge in [0, 0.05) is 12.4 Å².